The van der Waals surface area contributed by atoms with E-state index >= 15 is 0 Å². The molecule has 1 aromatic rings. The average Bonchev–Trinajstić information content (AvgIpc) is 2.63. The normalized spacial score (nSPS) is 23.2. The number of carbonyl (C=O) groups is 1. The van der Waals surface area contributed by atoms with Crippen LogP contribution < -0.4 is 0 Å². The van der Waals surface area contributed by atoms with Gasteiger partial charge < -0.3 is 4.90 Å². The molecule has 0 aliphatic carbocycles. The number of sulfonamides is 1. The van der Waals surface area contributed by atoms with E-state index in [0.29, 0.717) is 31.8 Å². The van der Waals surface area contributed by atoms with Gasteiger partial charge in [-0.05, 0) is 49.7 Å². The van der Waals surface area contributed by atoms with Gasteiger partial charge in [0.25, 0.3) is 0 Å². The first kappa shape index (κ1) is 19.4. The summed E-state index contributed by atoms with van der Waals surface area (Å²) in [6, 6.07) is 7.61. The predicted molar refractivity (Wildman–Crippen MR) is 103 cm³/mol. The van der Waals surface area contributed by atoms with E-state index in [2.05, 4.69) is 6.92 Å². The highest BCUT2D eigenvalue weighted by molar-refractivity contribution is 7.88. The zero-order valence-electron chi connectivity index (χ0n) is 15.9. The van der Waals surface area contributed by atoms with Crippen LogP contribution in [-0.2, 0) is 20.6 Å². The van der Waals surface area contributed by atoms with E-state index in [9.17, 15) is 13.2 Å². The molecule has 1 atom stereocenters. The number of benzene rings is 1. The molecule has 0 N–H and O–H groups in total. The van der Waals surface area contributed by atoms with Crippen LogP contribution in [0.4, 0.5) is 0 Å². The highest BCUT2D eigenvalue weighted by atomic mass is 32.2. The van der Waals surface area contributed by atoms with E-state index in [4.69, 9.17) is 0 Å². The van der Waals surface area contributed by atoms with E-state index in [-0.39, 0.29) is 17.6 Å². The van der Waals surface area contributed by atoms with Crippen molar-refractivity contribution in [2.75, 3.05) is 26.2 Å². The van der Waals surface area contributed by atoms with Gasteiger partial charge in [-0.1, -0.05) is 31.2 Å². The highest BCUT2D eigenvalue weighted by Crippen LogP contribution is 2.26. The molecule has 0 radical (unpaired) electrons. The fraction of sp³-hybridized carbons (Fsp3) is 0.650. The summed E-state index contributed by atoms with van der Waals surface area (Å²) in [7, 11) is -3.33. The second kappa shape index (κ2) is 8.09. The Morgan fingerprint density at radius 2 is 1.81 bits per heavy atom. The number of amides is 1. The molecule has 3 rings (SSSR count). The zero-order valence-corrected chi connectivity index (χ0v) is 16.7. The number of likely N-dealkylation sites (tertiary alicyclic amines) is 1. The molecule has 2 heterocycles. The molecule has 5 nitrogen and oxygen atoms in total. The Kier molecular flexibility index (Phi) is 6.03. The van der Waals surface area contributed by atoms with Gasteiger partial charge in [-0.3, -0.25) is 4.79 Å². The lowest BCUT2D eigenvalue weighted by Gasteiger charge is -2.36. The van der Waals surface area contributed by atoms with E-state index in [1.54, 1.807) is 4.31 Å². The monoisotopic (exact) mass is 378 g/mol. The maximum Gasteiger partial charge on any atom is 0.225 e. The van der Waals surface area contributed by atoms with Crippen molar-refractivity contribution in [3.05, 3.63) is 35.4 Å². The first-order chi connectivity index (χ1) is 12.4. The number of piperidine rings is 2. The number of hydrogen-bond acceptors (Lipinski definition) is 3. The van der Waals surface area contributed by atoms with Crippen molar-refractivity contribution in [1.29, 1.82) is 0 Å². The summed E-state index contributed by atoms with van der Waals surface area (Å²) in [5.41, 5.74) is 1.85. The third kappa shape index (κ3) is 4.46. The summed E-state index contributed by atoms with van der Waals surface area (Å²) in [4.78, 5) is 14.7. The van der Waals surface area contributed by atoms with Gasteiger partial charge in [-0.15, -0.1) is 0 Å². The Morgan fingerprint density at radius 3 is 2.46 bits per heavy atom. The van der Waals surface area contributed by atoms with Gasteiger partial charge in [0.1, 0.15) is 0 Å². The van der Waals surface area contributed by atoms with Crippen molar-refractivity contribution in [3.63, 3.8) is 0 Å². The second-order valence-electron chi connectivity index (χ2n) is 7.89. The summed E-state index contributed by atoms with van der Waals surface area (Å²) in [5.74, 6) is 0.821. The highest BCUT2D eigenvalue weighted by Gasteiger charge is 2.34. The minimum atomic E-state index is -3.33. The van der Waals surface area contributed by atoms with Gasteiger partial charge >= 0.3 is 0 Å². The third-order valence-electron chi connectivity index (χ3n) is 5.76. The molecule has 6 heteroatoms. The smallest absolute Gasteiger partial charge is 0.225 e. The van der Waals surface area contributed by atoms with Crippen molar-refractivity contribution in [2.45, 2.75) is 45.3 Å². The molecular formula is C20H30N2O3S. The molecule has 144 valence electrons. The van der Waals surface area contributed by atoms with E-state index in [1.807, 2.05) is 36.1 Å². The van der Waals surface area contributed by atoms with E-state index < -0.39 is 10.0 Å². The standard InChI is InChI=1S/C20H30N2O3S/c1-16-6-5-11-21(14-16)20(23)18-9-12-22(13-10-18)26(24,25)15-19-8-4-3-7-17(19)2/h3-4,7-8,16,18H,5-6,9-15H2,1-2H3/t16-/m0/s1. The molecule has 2 aliphatic heterocycles. The summed E-state index contributed by atoms with van der Waals surface area (Å²) < 4.78 is 27.1. The number of rotatable bonds is 4. The van der Waals surface area contributed by atoms with E-state index in [0.717, 1.165) is 30.6 Å². The van der Waals surface area contributed by atoms with Crippen LogP contribution in [0.5, 0.6) is 0 Å². The number of aryl methyl sites for hydroxylation is 1. The van der Waals surface area contributed by atoms with Crippen molar-refractivity contribution in [2.24, 2.45) is 11.8 Å². The first-order valence-corrected chi connectivity index (χ1v) is 11.3. The Morgan fingerprint density at radius 1 is 1.12 bits per heavy atom. The van der Waals surface area contributed by atoms with Gasteiger partial charge in [0, 0.05) is 32.1 Å². The lowest BCUT2D eigenvalue weighted by molar-refractivity contribution is -0.138. The maximum absolute atomic E-state index is 12.8. The van der Waals surface area contributed by atoms with Crippen LogP contribution in [0.2, 0.25) is 0 Å². The van der Waals surface area contributed by atoms with Crippen LogP contribution in [0.1, 0.15) is 43.7 Å². The van der Waals surface area contributed by atoms with Crippen LogP contribution in [0.3, 0.4) is 0 Å². The quantitative estimate of drug-likeness (QED) is 0.809. The predicted octanol–water partition coefficient (Wildman–Crippen LogP) is 2.80. The Hall–Kier alpha value is -1.40. The van der Waals surface area contributed by atoms with Gasteiger partial charge in [0.2, 0.25) is 15.9 Å². The third-order valence-corrected chi connectivity index (χ3v) is 7.59. The zero-order chi connectivity index (χ0) is 18.7. The minimum Gasteiger partial charge on any atom is -0.342 e. The molecule has 0 spiro atoms. The van der Waals surface area contributed by atoms with Crippen LogP contribution in [0.25, 0.3) is 0 Å². The number of hydrogen-bond donors (Lipinski definition) is 0. The number of carbonyl (C=O) groups excluding carboxylic acids is 1. The van der Waals surface area contributed by atoms with Crippen LogP contribution >= 0.6 is 0 Å². The summed E-state index contributed by atoms with van der Waals surface area (Å²) in [5, 5.41) is 0. The average molecular weight is 379 g/mol. The Balaban J connectivity index is 1.57. The van der Waals surface area contributed by atoms with Gasteiger partial charge in [-0.25, -0.2) is 12.7 Å². The Bertz CT molecular complexity index is 739. The van der Waals surface area contributed by atoms with Crippen LogP contribution in [-0.4, -0.2) is 49.7 Å². The number of nitrogens with zero attached hydrogens (tertiary/aromatic N) is 2. The molecule has 0 unspecified atom stereocenters. The molecule has 2 fully saturated rings. The molecule has 0 aromatic heterocycles. The van der Waals surface area contributed by atoms with Gasteiger partial charge in [0.15, 0.2) is 0 Å². The van der Waals surface area contributed by atoms with Gasteiger partial charge in [-0.2, -0.15) is 0 Å². The van der Waals surface area contributed by atoms with Gasteiger partial charge in [0.05, 0.1) is 5.75 Å². The summed E-state index contributed by atoms with van der Waals surface area (Å²) in [6.45, 7) is 6.75. The Labute approximate surface area is 157 Å². The van der Waals surface area contributed by atoms with Crippen molar-refractivity contribution >= 4 is 15.9 Å². The van der Waals surface area contributed by atoms with E-state index in [1.165, 1.54) is 6.42 Å². The molecule has 26 heavy (non-hydrogen) atoms. The minimum absolute atomic E-state index is 0.0230. The molecule has 0 bridgehead atoms. The fourth-order valence-corrected chi connectivity index (χ4v) is 5.76. The first-order valence-electron chi connectivity index (χ1n) is 9.68. The lowest BCUT2D eigenvalue weighted by atomic mass is 9.93. The molecule has 2 saturated heterocycles. The summed E-state index contributed by atoms with van der Waals surface area (Å²) in [6.07, 6.45) is 3.55. The topological polar surface area (TPSA) is 57.7 Å². The SMILES string of the molecule is Cc1ccccc1CS(=O)(=O)N1CCC(C(=O)N2CCC[C@H](C)C2)CC1. The lowest BCUT2D eigenvalue weighted by Crippen LogP contribution is -2.47. The second-order valence-corrected chi connectivity index (χ2v) is 9.86. The van der Waals surface area contributed by atoms with Crippen molar-refractivity contribution in [3.8, 4) is 0 Å². The molecule has 1 amide bonds. The van der Waals surface area contributed by atoms with Crippen molar-refractivity contribution < 1.29 is 13.2 Å². The molecule has 2 aliphatic rings. The molecule has 0 saturated carbocycles. The molecular weight excluding hydrogens is 348 g/mol. The van der Waals surface area contributed by atoms with Crippen LogP contribution in [0.15, 0.2) is 24.3 Å². The summed E-state index contributed by atoms with van der Waals surface area (Å²) >= 11 is 0. The van der Waals surface area contributed by atoms with Crippen molar-refractivity contribution in [1.82, 2.24) is 9.21 Å². The fourth-order valence-electron chi connectivity index (χ4n) is 4.09. The van der Waals surface area contributed by atoms with Crippen LogP contribution in [0, 0.1) is 18.8 Å². The largest absolute Gasteiger partial charge is 0.342 e. The molecule has 1 aromatic carbocycles. The maximum atomic E-state index is 12.8.